The van der Waals surface area contributed by atoms with Crippen molar-refractivity contribution in [3.05, 3.63) is 18.7 Å². The summed E-state index contributed by atoms with van der Waals surface area (Å²) in [4.78, 5) is 11.6. The quantitative estimate of drug-likeness (QED) is 0.658. The number of nitrogen functional groups attached to an aromatic ring is 1. The van der Waals surface area contributed by atoms with Crippen LogP contribution in [0.5, 0.6) is 0 Å². The molecule has 2 rings (SSSR count). The highest BCUT2D eigenvalue weighted by Gasteiger charge is 2.19. The molecular formula is C13H15FN5O3P. The molecule has 122 valence electrons. The molecule has 2 heterocycles. The number of fused-ring (bicyclic) bond motifs is 1. The molecule has 0 saturated carbocycles. The number of halogens is 1. The van der Waals surface area contributed by atoms with E-state index >= 15 is 0 Å². The molecule has 2 aromatic heterocycles. The smallest absolute Gasteiger partial charge is 0.382 e. The van der Waals surface area contributed by atoms with Crippen molar-refractivity contribution in [1.29, 1.82) is 0 Å². The first-order valence-corrected chi connectivity index (χ1v) is 8.26. The van der Waals surface area contributed by atoms with Crippen molar-refractivity contribution < 1.29 is 18.0 Å². The number of aromatic nitrogens is 4. The predicted octanol–water partition coefficient (Wildman–Crippen LogP) is 2.40. The number of hydrogen-bond acceptors (Lipinski definition) is 7. The van der Waals surface area contributed by atoms with E-state index in [1.54, 1.807) is 13.8 Å². The standard InChI is InChI=1S/C13H15FN5O3P/c1-3-21-23(20,22-4-2)7-5-6-10(14)19-9-18-11-12(15)16-8-17-13(11)19/h6,8-9H,3-4H2,1-2H3,(H2,15,16,17)/b10-6+. The molecule has 0 aliphatic carbocycles. The van der Waals surface area contributed by atoms with Gasteiger partial charge in [0.25, 0.3) is 0 Å². The number of nitrogens with two attached hydrogens (primary N) is 1. The van der Waals surface area contributed by atoms with Gasteiger partial charge in [0.15, 0.2) is 17.0 Å². The van der Waals surface area contributed by atoms with Crippen LogP contribution >= 0.6 is 7.60 Å². The van der Waals surface area contributed by atoms with Crippen molar-refractivity contribution in [2.45, 2.75) is 13.8 Å². The monoisotopic (exact) mass is 339 g/mol. The average Bonchev–Trinajstić information content (AvgIpc) is 2.93. The minimum atomic E-state index is -3.55. The van der Waals surface area contributed by atoms with Crippen molar-refractivity contribution in [3.8, 4) is 11.6 Å². The second kappa shape index (κ2) is 7.33. The predicted molar refractivity (Wildman–Crippen MR) is 83.8 cm³/mol. The topological polar surface area (TPSA) is 105 Å². The Morgan fingerprint density at radius 3 is 2.74 bits per heavy atom. The Morgan fingerprint density at radius 1 is 1.39 bits per heavy atom. The Hall–Kier alpha value is -2.27. The van der Waals surface area contributed by atoms with Crippen LogP contribution < -0.4 is 5.73 Å². The minimum absolute atomic E-state index is 0.143. The van der Waals surface area contributed by atoms with Crippen LogP contribution in [0.15, 0.2) is 18.7 Å². The van der Waals surface area contributed by atoms with Gasteiger partial charge in [0.1, 0.15) is 12.7 Å². The van der Waals surface area contributed by atoms with E-state index in [2.05, 4.69) is 26.5 Å². The van der Waals surface area contributed by atoms with Gasteiger partial charge in [-0.25, -0.2) is 19.5 Å². The van der Waals surface area contributed by atoms with Gasteiger partial charge in [0.05, 0.1) is 13.2 Å². The maximum Gasteiger partial charge on any atom is 0.405 e. The van der Waals surface area contributed by atoms with E-state index in [0.29, 0.717) is 0 Å². The summed E-state index contributed by atoms with van der Waals surface area (Å²) < 4.78 is 37.3. The van der Waals surface area contributed by atoms with Gasteiger partial charge in [0.2, 0.25) is 5.95 Å². The molecule has 0 bridgehead atoms. The zero-order chi connectivity index (χ0) is 16.9. The van der Waals surface area contributed by atoms with Gasteiger partial charge < -0.3 is 5.73 Å². The number of allylic oxidation sites excluding steroid dienone is 1. The van der Waals surface area contributed by atoms with Crippen LogP contribution in [-0.4, -0.2) is 32.7 Å². The minimum Gasteiger partial charge on any atom is -0.382 e. The summed E-state index contributed by atoms with van der Waals surface area (Å²) in [6.45, 7) is 3.65. The molecule has 2 aromatic rings. The highest BCUT2D eigenvalue weighted by molar-refractivity contribution is 7.59. The Balaban J connectivity index is 2.31. The van der Waals surface area contributed by atoms with E-state index in [9.17, 15) is 8.96 Å². The van der Waals surface area contributed by atoms with Gasteiger partial charge in [-0.2, -0.15) is 4.39 Å². The number of hydrogen-bond donors (Lipinski definition) is 1. The Bertz CT molecular complexity index is 829. The van der Waals surface area contributed by atoms with Crippen molar-refractivity contribution in [3.63, 3.8) is 0 Å². The van der Waals surface area contributed by atoms with Crippen molar-refractivity contribution in [1.82, 2.24) is 19.5 Å². The molecule has 0 aliphatic rings. The fraction of sp³-hybridized carbons (Fsp3) is 0.308. The van der Waals surface area contributed by atoms with Crippen molar-refractivity contribution in [2.24, 2.45) is 0 Å². The molecule has 0 aliphatic heterocycles. The SMILES string of the molecule is CCOP(=O)(C#C/C=C(\F)n1cnc2c(N)ncnc21)OCC. The van der Waals surface area contributed by atoms with E-state index < -0.39 is 13.5 Å². The van der Waals surface area contributed by atoms with Crippen molar-refractivity contribution >= 4 is 30.5 Å². The summed E-state index contributed by atoms with van der Waals surface area (Å²) in [5.74, 6) is 1.72. The lowest BCUT2D eigenvalue weighted by Gasteiger charge is -2.09. The fourth-order valence-corrected chi connectivity index (χ4v) is 2.80. The van der Waals surface area contributed by atoms with Gasteiger partial charge in [0, 0.05) is 11.7 Å². The molecular weight excluding hydrogens is 324 g/mol. The van der Waals surface area contributed by atoms with Crippen LogP contribution in [0.25, 0.3) is 17.1 Å². The van der Waals surface area contributed by atoms with Crippen LogP contribution in [-0.2, 0) is 13.6 Å². The summed E-state index contributed by atoms with van der Waals surface area (Å²) >= 11 is 0. The maximum atomic E-state index is 14.2. The molecule has 0 saturated heterocycles. The molecule has 10 heteroatoms. The van der Waals surface area contributed by atoms with Crippen molar-refractivity contribution in [2.75, 3.05) is 18.9 Å². The van der Waals surface area contributed by atoms with Gasteiger partial charge in [-0.05, 0) is 13.8 Å². The Labute approximate surface area is 132 Å². The molecule has 2 N–H and O–H groups in total. The zero-order valence-electron chi connectivity index (χ0n) is 12.6. The lowest BCUT2D eigenvalue weighted by atomic mass is 10.5. The van der Waals surface area contributed by atoms with E-state index in [4.69, 9.17) is 14.8 Å². The lowest BCUT2D eigenvalue weighted by molar-refractivity contribution is 0.230. The normalized spacial score (nSPS) is 12.2. The highest BCUT2D eigenvalue weighted by Crippen LogP contribution is 2.46. The van der Waals surface area contributed by atoms with Crippen LogP contribution in [0.3, 0.4) is 0 Å². The van der Waals surface area contributed by atoms with Gasteiger partial charge >= 0.3 is 7.60 Å². The Kier molecular flexibility index (Phi) is 5.45. The molecule has 0 unspecified atom stereocenters. The van der Waals surface area contributed by atoms with Crippen LogP contribution in [0.4, 0.5) is 10.2 Å². The summed E-state index contributed by atoms with van der Waals surface area (Å²) in [6, 6.07) is 0. The lowest BCUT2D eigenvalue weighted by Crippen LogP contribution is -1.96. The third-order valence-corrected chi connectivity index (χ3v) is 4.18. The Morgan fingerprint density at radius 2 is 2.09 bits per heavy atom. The van der Waals surface area contributed by atoms with E-state index in [0.717, 1.165) is 10.6 Å². The summed E-state index contributed by atoms with van der Waals surface area (Å²) in [7, 11) is -3.55. The summed E-state index contributed by atoms with van der Waals surface area (Å²) in [5.41, 5.74) is 8.41. The van der Waals surface area contributed by atoms with E-state index in [1.807, 2.05) is 0 Å². The van der Waals surface area contributed by atoms with Crippen LogP contribution in [0.1, 0.15) is 13.8 Å². The first-order chi connectivity index (χ1) is 11.0. The summed E-state index contributed by atoms with van der Waals surface area (Å²) in [5, 5.41) is 0. The molecule has 0 spiro atoms. The molecule has 0 radical (unpaired) electrons. The average molecular weight is 339 g/mol. The van der Waals surface area contributed by atoms with E-state index in [1.165, 1.54) is 12.7 Å². The molecule has 0 atom stereocenters. The zero-order valence-corrected chi connectivity index (χ0v) is 13.5. The van der Waals surface area contributed by atoms with Gasteiger partial charge in [-0.3, -0.25) is 13.6 Å². The number of rotatable bonds is 5. The second-order valence-corrected chi connectivity index (χ2v) is 5.84. The third-order valence-electron chi connectivity index (χ3n) is 2.58. The van der Waals surface area contributed by atoms with Gasteiger partial charge in [-0.15, -0.1) is 0 Å². The molecule has 0 aromatic carbocycles. The highest BCUT2D eigenvalue weighted by atomic mass is 31.2. The number of imidazole rings is 1. The first-order valence-electron chi connectivity index (χ1n) is 6.72. The first kappa shape index (κ1) is 17.1. The maximum absolute atomic E-state index is 14.2. The second-order valence-electron chi connectivity index (χ2n) is 4.10. The fourth-order valence-electron chi connectivity index (χ4n) is 1.69. The largest absolute Gasteiger partial charge is 0.405 e. The van der Waals surface area contributed by atoms with Crippen LogP contribution in [0.2, 0.25) is 0 Å². The molecule has 0 fully saturated rings. The van der Waals surface area contributed by atoms with Gasteiger partial charge in [-0.1, -0.05) is 5.92 Å². The molecule has 8 nitrogen and oxygen atoms in total. The van der Waals surface area contributed by atoms with Crippen LogP contribution in [0, 0.1) is 11.6 Å². The molecule has 23 heavy (non-hydrogen) atoms. The number of anilines is 1. The molecule has 0 amide bonds. The van der Waals surface area contributed by atoms with E-state index in [-0.39, 0.29) is 30.2 Å². The number of nitrogens with zero attached hydrogens (tertiary/aromatic N) is 4. The summed E-state index contributed by atoms with van der Waals surface area (Å²) in [6.07, 6.45) is 3.32. The third kappa shape index (κ3) is 3.93.